The summed E-state index contributed by atoms with van der Waals surface area (Å²) in [5.74, 6) is 1.80. The highest BCUT2D eigenvalue weighted by Gasteiger charge is 2.29. The first-order valence-electron chi connectivity index (χ1n) is 9.27. The molecule has 1 saturated heterocycles. The molecule has 10 heteroatoms. The third-order valence-corrected chi connectivity index (χ3v) is 6.20. The molecular formula is C17H20N8OS. The van der Waals surface area contributed by atoms with Crippen LogP contribution in [0.1, 0.15) is 39.5 Å². The van der Waals surface area contributed by atoms with Crippen LogP contribution in [-0.4, -0.2) is 66.2 Å². The topological polar surface area (TPSA) is 92.4 Å². The van der Waals surface area contributed by atoms with Crippen molar-refractivity contribution in [3.8, 4) is 0 Å². The Morgan fingerprint density at radius 2 is 1.96 bits per heavy atom. The van der Waals surface area contributed by atoms with E-state index in [0.717, 1.165) is 37.4 Å². The molecule has 27 heavy (non-hydrogen) atoms. The Bertz CT molecular complexity index is 1000. The number of aromatic nitrogens is 6. The number of hydrogen-bond acceptors (Lipinski definition) is 8. The lowest BCUT2D eigenvalue weighted by atomic mass is 9.96. The predicted molar refractivity (Wildman–Crippen MR) is 100 cm³/mol. The number of carbonyl (C=O) groups is 1. The van der Waals surface area contributed by atoms with Gasteiger partial charge in [-0.15, -0.1) is 5.10 Å². The third-order valence-electron chi connectivity index (χ3n) is 5.39. The maximum Gasteiger partial charge on any atom is 0.267 e. The second kappa shape index (κ2) is 6.52. The molecule has 0 unspecified atom stereocenters. The molecule has 140 valence electrons. The number of carbonyl (C=O) groups excluding carboxylic acids is 1. The molecule has 1 aliphatic carbocycles. The fourth-order valence-corrected chi connectivity index (χ4v) is 4.61. The Morgan fingerprint density at radius 1 is 1.15 bits per heavy atom. The molecule has 0 radical (unpaired) electrons. The predicted octanol–water partition coefficient (Wildman–Crippen LogP) is 1.13. The third kappa shape index (κ3) is 2.75. The number of piperazine rings is 1. The average molecular weight is 384 g/mol. The summed E-state index contributed by atoms with van der Waals surface area (Å²) in [6.07, 6.45) is 5.95. The maximum absolute atomic E-state index is 12.7. The Balaban J connectivity index is 1.42. The largest absolute Gasteiger partial charge is 0.353 e. The van der Waals surface area contributed by atoms with E-state index >= 15 is 0 Å². The lowest BCUT2D eigenvalue weighted by Gasteiger charge is -2.37. The van der Waals surface area contributed by atoms with Gasteiger partial charge in [-0.3, -0.25) is 4.79 Å². The molecule has 1 fully saturated rings. The van der Waals surface area contributed by atoms with Crippen molar-refractivity contribution in [2.24, 2.45) is 0 Å². The van der Waals surface area contributed by atoms with Crippen LogP contribution >= 0.6 is 11.5 Å². The molecule has 0 atom stereocenters. The number of rotatable bonds is 2. The van der Waals surface area contributed by atoms with Gasteiger partial charge in [0.25, 0.3) is 11.7 Å². The minimum Gasteiger partial charge on any atom is -0.353 e. The van der Waals surface area contributed by atoms with Crippen LogP contribution in [0.25, 0.3) is 5.78 Å². The van der Waals surface area contributed by atoms with Crippen LogP contribution in [0.3, 0.4) is 0 Å². The van der Waals surface area contributed by atoms with Crippen molar-refractivity contribution in [3.05, 3.63) is 28.2 Å². The summed E-state index contributed by atoms with van der Waals surface area (Å²) >= 11 is 1.17. The maximum atomic E-state index is 12.7. The first-order valence-corrected chi connectivity index (χ1v) is 10.0. The first kappa shape index (κ1) is 16.5. The van der Waals surface area contributed by atoms with Crippen LogP contribution in [0.15, 0.2) is 6.33 Å². The lowest BCUT2D eigenvalue weighted by Crippen LogP contribution is -2.49. The molecular weight excluding hydrogens is 364 g/mol. The van der Waals surface area contributed by atoms with E-state index in [1.165, 1.54) is 29.9 Å². The van der Waals surface area contributed by atoms with Gasteiger partial charge in [-0.1, -0.05) is 4.49 Å². The van der Waals surface area contributed by atoms with Gasteiger partial charge in [0.05, 0.1) is 11.4 Å². The molecule has 1 aliphatic heterocycles. The molecule has 2 aliphatic rings. The molecule has 5 rings (SSSR count). The molecule has 0 N–H and O–H groups in total. The van der Waals surface area contributed by atoms with Gasteiger partial charge >= 0.3 is 0 Å². The van der Waals surface area contributed by atoms with Crippen LogP contribution in [0.2, 0.25) is 0 Å². The Hall–Kier alpha value is -2.62. The van der Waals surface area contributed by atoms with E-state index < -0.39 is 0 Å². The highest BCUT2D eigenvalue weighted by molar-refractivity contribution is 7.07. The van der Waals surface area contributed by atoms with Crippen molar-refractivity contribution in [2.45, 2.75) is 32.6 Å². The van der Waals surface area contributed by atoms with Gasteiger partial charge in [0.1, 0.15) is 17.0 Å². The second-order valence-electron chi connectivity index (χ2n) is 7.01. The molecule has 0 saturated carbocycles. The fraction of sp³-hybridized carbons (Fsp3) is 0.529. The minimum atomic E-state index is 0.0322. The summed E-state index contributed by atoms with van der Waals surface area (Å²) in [5.41, 5.74) is 3.16. The van der Waals surface area contributed by atoms with E-state index in [9.17, 15) is 4.79 Å². The van der Waals surface area contributed by atoms with E-state index in [0.29, 0.717) is 29.4 Å². The number of fused-ring (bicyclic) bond motifs is 2. The molecule has 0 spiro atoms. The summed E-state index contributed by atoms with van der Waals surface area (Å²) < 4.78 is 5.74. The standard InChI is InChI=1S/C17H20N8OS/c1-11-14(27-22-21-11)16(26)24-8-6-23(7-9-24)15-12-4-2-3-5-13(12)20-17-18-10-19-25(15)17/h10H,2-9H2,1H3. The number of amides is 1. The summed E-state index contributed by atoms with van der Waals surface area (Å²) in [5, 5.41) is 8.37. The SMILES string of the molecule is Cc1nnsc1C(=O)N1CCN(c2c3c(nc4ncnn24)CCCC3)CC1. The van der Waals surface area contributed by atoms with E-state index in [-0.39, 0.29) is 5.91 Å². The molecule has 0 aromatic carbocycles. The Kier molecular flexibility index (Phi) is 4.00. The smallest absolute Gasteiger partial charge is 0.267 e. The fourth-order valence-electron chi connectivity index (χ4n) is 3.98. The number of nitrogens with zero attached hydrogens (tertiary/aromatic N) is 8. The van der Waals surface area contributed by atoms with Crippen molar-refractivity contribution in [1.82, 2.24) is 34.1 Å². The molecule has 4 heterocycles. The van der Waals surface area contributed by atoms with Gasteiger partial charge in [-0.25, -0.2) is 4.98 Å². The van der Waals surface area contributed by atoms with Gasteiger partial charge in [-0.2, -0.15) is 14.6 Å². The highest BCUT2D eigenvalue weighted by Crippen LogP contribution is 2.30. The summed E-state index contributed by atoms with van der Waals surface area (Å²) in [4.78, 5) is 26.6. The summed E-state index contributed by atoms with van der Waals surface area (Å²) in [6, 6.07) is 0. The Labute approximate surface area is 160 Å². The van der Waals surface area contributed by atoms with E-state index in [1.54, 1.807) is 6.33 Å². The first-order chi connectivity index (χ1) is 13.2. The van der Waals surface area contributed by atoms with Crippen LogP contribution < -0.4 is 4.90 Å². The molecule has 1 amide bonds. The van der Waals surface area contributed by atoms with Gasteiger partial charge < -0.3 is 9.80 Å². The van der Waals surface area contributed by atoms with Gasteiger partial charge in [0, 0.05) is 31.7 Å². The zero-order valence-corrected chi connectivity index (χ0v) is 15.9. The highest BCUT2D eigenvalue weighted by atomic mass is 32.1. The van der Waals surface area contributed by atoms with E-state index in [2.05, 4.69) is 24.6 Å². The van der Waals surface area contributed by atoms with E-state index in [4.69, 9.17) is 4.98 Å². The van der Waals surface area contributed by atoms with Gasteiger partial charge in [0.15, 0.2) is 0 Å². The summed E-state index contributed by atoms with van der Waals surface area (Å²) in [6.45, 7) is 4.70. The van der Waals surface area contributed by atoms with Crippen molar-refractivity contribution < 1.29 is 4.79 Å². The van der Waals surface area contributed by atoms with E-state index in [1.807, 2.05) is 16.3 Å². The zero-order valence-electron chi connectivity index (χ0n) is 15.1. The van der Waals surface area contributed by atoms with Gasteiger partial charge in [-0.05, 0) is 44.1 Å². The minimum absolute atomic E-state index is 0.0322. The number of hydrogen-bond donors (Lipinski definition) is 0. The normalized spacial score (nSPS) is 17.4. The second-order valence-corrected chi connectivity index (χ2v) is 7.76. The van der Waals surface area contributed by atoms with Crippen LogP contribution in [0, 0.1) is 6.92 Å². The molecule has 3 aromatic rings. The van der Waals surface area contributed by atoms with Crippen LogP contribution in [0.4, 0.5) is 5.82 Å². The monoisotopic (exact) mass is 384 g/mol. The average Bonchev–Trinajstić information content (AvgIpc) is 3.34. The molecule has 9 nitrogen and oxygen atoms in total. The Morgan fingerprint density at radius 3 is 2.74 bits per heavy atom. The van der Waals surface area contributed by atoms with Gasteiger partial charge in [0.2, 0.25) is 0 Å². The summed E-state index contributed by atoms with van der Waals surface area (Å²) in [7, 11) is 0. The van der Waals surface area contributed by atoms with Crippen molar-refractivity contribution in [2.75, 3.05) is 31.1 Å². The van der Waals surface area contributed by atoms with Crippen molar-refractivity contribution in [1.29, 1.82) is 0 Å². The molecule has 3 aromatic heterocycles. The van der Waals surface area contributed by atoms with Crippen molar-refractivity contribution >= 4 is 29.0 Å². The van der Waals surface area contributed by atoms with Crippen molar-refractivity contribution in [3.63, 3.8) is 0 Å². The van der Waals surface area contributed by atoms with Crippen LogP contribution in [-0.2, 0) is 12.8 Å². The van der Waals surface area contributed by atoms with Crippen LogP contribution in [0.5, 0.6) is 0 Å². The number of anilines is 1. The lowest BCUT2D eigenvalue weighted by molar-refractivity contribution is 0.0750. The zero-order chi connectivity index (χ0) is 18.4. The number of aryl methyl sites for hydroxylation is 2. The quantitative estimate of drug-likeness (QED) is 0.654. The molecule has 0 bridgehead atoms.